The summed E-state index contributed by atoms with van der Waals surface area (Å²) >= 11 is 0. The zero-order valence-corrected chi connectivity index (χ0v) is 12.3. The summed E-state index contributed by atoms with van der Waals surface area (Å²) in [4.78, 5) is 2.58. The van der Waals surface area contributed by atoms with E-state index in [2.05, 4.69) is 16.2 Å². The highest BCUT2D eigenvalue weighted by Crippen LogP contribution is 2.53. The first kappa shape index (κ1) is 13.1. The molecule has 1 aromatic heterocycles. The van der Waals surface area contributed by atoms with Gasteiger partial charge < -0.3 is 5.11 Å². The third-order valence-electron chi connectivity index (χ3n) is 5.15. The maximum absolute atomic E-state index is 9.77. The molecule has 0 radical (unpaired) electrons. The molecule has 2 saturated heterocycles. The minimum atomic E-state index is 0.100. The molecule has 3 heterocycles. The van der Waals surface area contributed by atoms with Crippen LogP contribution in [0.2, 0.25) is 0 Å². The van der Waals surface area contributed by atoms with Gasteiger partial charge in [-0.15, -0.1) is 0 Å². The summed E-state index contributed by atoms with van der Waals surface area (Å²) in [5, 5.41) is 14.3. The number of aryl methyl sites for hydroxylation is 1. The summed E-state index contributed by atoms with van der Waals surface area (Å²) < 4.78 is 1.94. The number of nitrogens with zero attached hydrogens (tertiary/aromatic N) is 3. The molecule has 4 nitrogen and oxygen atoms in total. The van der Waals surface area contributed by atoms with E-state index in [0.29, 0.717) is 18.6 Å². The van der Waals surface area contributed by atoms with Gasteiger partial charge in [0.1, 0.15) is 0 Å². The Bertz CT molecular complexity index is 470. The highest BCUT2D eigenvalue weighted by Gasteiger charge is 2.56. The molecule has 3 atom stereocenters. The number of aromatic nitrogens is 2. The largest absolute Gasteiger partial charge is 0.394 e. The second-order valence-corrected chi connectivity index (χ2v) is 5.97. The zero-order valence-electron chi connectivity index (χ0n) is 12.3. The Hall–Kier alpha value is -0.870. The fourth-order valence-electron chi connectivity index (χ4n) is 4.48. The van der Waals surface area contributed by atoms with Crippen LogP contribution in [0.25, 0.3) is 0 Å². The Morgan fingerprint density at radius 1 is 1.47 bits per heavy atom. The summed E-state index contributed by atoms with van der Waals surface area (Å²) in [6, 6.07) is 0.614. The number of hydrogen-bond donors (Lipinski definition) is 1. The molecule has 1 aliphatic carbocycles. The van der Waals surface area contributed by atoms with Gasteiger partial charge in [0.15, 0.2) is 0 Å². The average molecular weight is 263 g/mol. The van der Waals surface area contributed by atoms with Crippen LogP contribution in [0.4, 0.5) is 0 Å². The molecule has 1 N–H and O–H groups in total. The molecular weight excluding hydrogens is 238 g/mol. The first-order valence-corrected chi connectivity index (χ1v) is 7.63. The predicted molar refractivity (Wildman–Crippen MR) is 75.2 cm³/mol. The second kappa shape index (κ2) is 4.60. The highest BCUT2D eigenvalue weighted by molar-refractivity contribution is 5.35. The fraction of sp³-hybridized carbons (Fsp3) is 0.800. The summed E-state index contributed by atoms with van der Waals surface area (Å²) in [6.07, 6.45) is 6.82. The van der Waals surface area contributed by atoms with Gasteiger partial charge in [-0.1, -0.05) is 13.8 Å². The van der Waals surface area contributed by atoms with Gasteiger partial charge in [-0.25, -0.2) is 0 Å². The maximum Gasteiger partial charge on any atom is 0.0675 e. The Balaban J connectivity index is 0.000000528. The van der Waals surface area contributed by atoms with Crippen molar-refractivity contribution in [3.05, 3.63) is 17.5 Å². The average Bonchev–Trinajstić information content (AvgIpc) is 3.10. The Morgan fingerprint density at radius 2 is 2.26 bits per heavy atom. The molecule has 2 aliphatic heterocycles. The smallest absolute Gasteiger partial charge is 0.0675 e. The molecule has 3 unspecified atom stereocenters. The van der Waals surface area contributed by atoms with Crippen molar-refractivity contribution in [3.8, 4) is 0 Å². The van der Waals surface area contributed by atoms with E-state index in [0.717, 1.165) is 19.4 Å². The van der Waals surface area contributed by atoms with Crippen LogP contribution in [0.3, 0.4) is 0 Å². The number of aliphatic hydroxyl groups is 1. The van der Waals surface area contributed by atoms with Crippen molar-refractivity contribution in [1.82, 2.24) is 14.7 Å². The van der Waals surface area contributed by atoms with E-state index in [9.17, 15) is 5.11 Å². The maximum atomic E-state index is 9.77. The van der Waals surface area contributed by atoms with Crippen molar-refractivity contribution < 1.29 is 5.11 Å². The lowest BCUT2D eigenvalue weighted by atomic mass is 9.88. The van der Waals surface area contributed by atoms with Crippen LogP contribution in [0.1, 0.15) is 50.3 Å². The van der Waals surface area contributed by atoms with E-state index in [1.807, 2.05) is 25.6 Å². The molecule has 3 aliphatic rings. The molecule has 4 rings (SSSR count). The van der Waals surface area contributed by atoms with Crippen molar-refractivity contribution in [2.75, 3.05) is 13.2 Å². The van der Waals surface area contributed by atoms with Gasteiger partial charge in [0.25, 0.3) is 0 Å². The van der Waals surface area contributed by atoms with Crippen LogP contribution in [0.15, 0.2) is 6.20 Å². The molecule has 0 spiro atoms. The fourth-order valence-corrected chi connectivity index (χ4v) is 4.48. The normalized spacial score (nSPS) is 35.6. The number of aliphatic hydroxyl groups excluding tert-OH is 1. The summed E-state index contributed by atoms with van der Waals surface area (Å²) in [5.41, 5.74) is 2.84. The summed E-state index contributed by atoms with van der Waals surface area (Å²) in [5.74, 6) is 0.617. The van der Waals surface area contributed by atoms with Gasteiger partial charge in [-0.3, -0.25) is 9.58 Å². The van der Waals surface area contributed by atoms with Gasteiger partial charge >= 0.3 is 0 Å². The van der Waals surface area contributed by atoms with Gasteiger partial charge in [0.2, 0.25) is 0 Å². The van der Waals surface area contributed by atoms with Crippen LogP contribution in [0.5, 0.6) is 0 Å². The molecule has 0 bridgehead atoms. The molecule has 19 heavy (non-hydrogen) atoms. The van der Waals surface area contributed by atoms with Crippen LogP contribution in [-0.2, 0) is 13.5 Å². The van der Waals surface area contributed by atoms with Crippen LogP contribution in [0, 0.1) is 0 Å². The van der Waals surface area contributed by atoms with Crippen LogP contribution < -0.4 is 0 Å². The predicted octanol–water partition coefficient (Wildman–Crippen LogP) is 1.69. The zero-order chi connectivity index (χ0) is 13.6. The van der Waals surface area contributed by atoms with Crippen molar-refractivity contribution in [2.24, 2.45) is 7.05 Å². The van der Waals surface area contributed by atoms with Crippen molar-refractivity contribution in [3.63, 3.8) is 0 Å². The van der Waals surface area contributed by atoms with Crippen LogP contribution >= 0.6 is 0 Å². The first-order valence-electron chi connectivity index (χ1n) is 7.63. The molecular formula is C15H25N3O. The number of rotatable bonds is 1. The Morgan fingerprint density at radius 3 is 3.00 bits per heavy atom. The molecule has 4 heteroatoms. The summed E-state index contributed by atoms with van der Waals surface area (Å²) in [7, 11) is 2.01. The van der Waals surface area contributed by atoms with Crippen LogP contribution in [-0.4, -0.2) is 44.5 Å². The third-order valence-corrected chi connectivity index (χ3v) is 5.15. The monoisotopic (exact) mass is 263 g/mol. The molecule has 2 fully saturated rings. The Labute approximate surface area is 115 Å². The van der Waals surface area contributed by atoms with Crippen molar-refractivity contribution in [2.45, 2.75) is 57.0 Å². The minimum absolute atomic E-state index is 0.100. The van der Waals surface area contributed by atoms with E-state index in [1.165, 1.54) is 24.1 Å². The second-order valence-electron chi connectivity index (χ2n) is 5.97. The standard InChI is InChI=1S/C13H19N3O.C2H6/c1-15-7-10-9-6-13(8-17)3-2-4-16(13)12(9)5-11(10)14-15;1-2/h7,9,12,17H,2-6,8H2,1H3;1-2H3. The molecule has 0 amide bonds. The van der Waals surface area contributed by atoms with Crippen molar-refractivity contribution in [1.29, 1.82) is 0 Å². The first-order chi connectivity index (χ1) is 9.23. The van der Waals surface area contributed by atoms with Gasteiger partial charge in [0, 0.05) is 37.2 Å². The van der Waals surface area contributed by atoms with E-state index < -0.39 is 0 Å². The molecule has 0 saturated carbocycles. The van der Waals surface area contributed by atoms with E-state index in [-0.39, 0.29) is 5.54 Å². The quantitative estimate of drug-likeness (QED) is 0.838. The molecule has 106 valence electrons. The van der Waals surface area contributed by atoms with Gasteiger partial charge in [0.05, 0.1) is 12.3 Å². The van der Waals surface area contributed by atoms with E-state index in [4.69, 9.17) is 0 Å². The SMILES string of the molecule is CC.Cn1cc2c(n1)CC1C2CC2(CO)CCCN12. The topological polar surface area (TPSA) is 41.3 Å². The lowest BCUT2D eigenvalue weighted by molar-refractivity contribution is 0.0779. The number of hydrogen-bond acceptors (Lipinski definition) is 3. The van der Waals surface area contributed by atoms with Gasteiger partial charge in [-0.2, -0.15) is 5.10 Å². The lowest BCUT2D eigenvalue weighted by Gasteiger charge is -2.32. The number of fused-ring (bicyclic) bond motifs is 5. The minimum Gasteiger partial charge on any atom is -0.394 e. The van der Waals surface area contributed by atoms with Gasteiger partial charge in [-0.05, 0) is 31.4 Å². The Kier molecular flexibility index (Phi) is 3.18. The van der Waals surface area contributed by atoms with Crippen molar-refractivity contribution >= 4 is 0 Å². The third kappa shape index (κ3) is 1.69. The van der Waals surface area contributed by atoms with E-state index in [1.54, 1.807) is 0 Å². The van der Waals surface area contributed by atoms with E-state index >= 15 is 0 Å². The summed E-state index contributed by atoms with van der Waals surface area (Å²) in [6.45, 7) is 5.49. The molecule has 0 aromatic carbocycles. The molecule has 1 aromatic rings. The highest BCUT2D eigenvalue weighted by atomic mass is 16.3. The lowest BCUT2D eigenvalue weighted by Crippen LogP contribution is -2.45.